The van der Waals surface area contributed by atoms with Crippen LogP contribution in [0.4, 0.5) is 13.2 Å². The summed E-state index contributed by atoms with van der Waals surface area (Å²) in [7, 11) is 0. The van der Waals surface area contributed by atoms with Crippen molar-refractivity contribution in [3.63, 3.8) is 0 Å². The predicted molar refractivity (Wildman–Crippen MR) is 102 cm³/mol. The molecule has 0 aliphatic carbocycles. The standard InChI is InChI=1S/C18H20ClNO2.C2HF3O2/c19-18-15(7-4-8-16(18)21)13-20-10-9-17(22-12-11-20)14-5-2-1-3-6-14;3-2(4,5)1(6)7/h1-8,17,21H,9-13H2;(H,6,7). The summed E-state index contributed by atoms with van der Waals surface area (Å²) in [5, 5.41) is 17.3. The molecule has 2 N–H and O–H groups in total. The summed E-state index contributed by atoms with van der Waals surface area (Å²) < 4.78 is 37.7. The van der Waals surface area contributed by atoms with E-state index >= 15 is 0 Å². The Morgan fingerprint density at radius 1 is 1.14 bits per heavy atom. The maximum absolute atomic E-state index is 10.6. The van der Waals surface area contributed by atoms with E-state index in [1.807, 2.05) is 30.3 Å². The quantitative estimate of drug-likeness (QED) is 0.740. The third-order valence-electron chi connectivity index (χ3n) is 4.30. The molecule has 1 unspecified atom stereocenters. The zero-order valence-electron chi connectivity index (χ0n) is 15.4. The number of hydrogen-bond acceptors (Lipinski definition) is 4. The molecule has 0 radical (unpaired) electrons. The highest BCUT2D eigenvalue weighted by molar-refractivity contribution is 6.32. The lowest BCUT2D eigenvalue weighted by molar-refractivity contribution is -0.192. The summed E-state index contributed by atoms with van der Waals surface area (Å²) in [4.78, 5) is 11.2. The molecule has 2 aromatic rings. The van der Waals surface area contributed by atoms with Crippen LogP contribution in [0.2, 0.25) is 5.02 Å². The van der Waals surface area contributed by atoms with Crippen LogP contribution in [-0.4, -0.2) is 47.0 Å². The van der Waals surface area contributed by atoms with Crippen LogP contribution in [0.5, 0.6) is 5.75 Å². The highest BCUT2D eigenvalue weighted by atomic mass is 35.5. The van der Waals surface area contributed by atoms with Gasteiger partial charge < -0.3 is 14.9 Å². The third kappa shape index (κ3) is 7.23. The Hall–Kier alpha value is -2.29. The number of carboxylic acids is 1. The van der Waals surface area contributed by atoms with Gasteiger partial charge in [0, 0.05) is 19.6 Å². The van der Waals surface area contributed by atoms with Crippen LogP contribution in [0.25, 0.3) is 0 Å². The molecule has 1 aliphatic heterocycles. The van der Waals surface area contributed by atoms with Crippen LogP contribution in [0, 0.1) is 0 Å². The van der Waals surface area contributed by atoms with E-state index in [2.05, 4.69) is 17.0 Å². The molecule has 0 bridgehead atoms. The molecule has 1 aliphatic rings. The number of aromatic hydroxyl groups is 1. The minimum absolute atomic E-state index is 0.146. The molecule has 0 spiro atoms. The van der Waals surface area contributed by atoms with Crippen LogP contribution in [0.15, 0.2) is 48.5 Å². The Morgan fingerprint density at radius 3 is 2.41 bits per heavy atom. The lowest BCUT2D eigenvalue weighted by Gasteiger charge is -2.20. The lowest BCUT2D eigenvalue weighted by Crippen LogP contribution is -2.25. The first-order chi connectivity index (χ1) is 13.7. The van der Waals surface area contributed by atoms with Crippen molar-refractivity contribution < 1.29 is 32.9 Å². The maximum Gasteiger partial charge on any atom is 0.490 e. The van der Waals surface area contributed by atoms with Crippen molar-refractivity contribution in [1.29, 1.82) is 0 Å². The summed E-state index contributed by atoms with van der Waals surface area (Å²) in [6.45, 7) is 3.26. The zero-order chi connectivity index (χ0) is 21.4. The molecule has 0 amide bonds. The summed E-state index contributed by atoms with van der Waals surface area (Å²) in [5.41, 5.74) is 2.19. The number of nitrogens with zero attached hydrogens (tertiary/aromatic N) is 1. The first-order valence-electron chi connectivity index (χ1n) is 8.84. The van der Waals surface area contributed by atoms with Crippen molar-refractivity contribution in [3.05, 3.63) is 64.7 Å². The van der Waals surface area contributed by atoms with Gasteiger partial charge in [-0.2, -0.15) is 13.2 Å². The maximum atomic E-state index is 10.6. The van der Waals surface area contributed by atoms with Gasteiger partial charge in [0.2, 0.25) is 0 Å². The highest BCUT2D eigenvalue weighted by Crippen LogP contribution is 2.29. The van der Waals surface area contributed by atoms with Gasteiger partial charge in [-0.15, -0.1) is 0 Å². The SMILES string of the molecule is O=C(O)C(F)(F)F.Oc1cccc(CN2CCOC(c3ccccc3)CC2)c1Cl. The van der Waals surface area contributed by atoms with E-state index in [-0.39, 0.29) is 11.9 Å². The molecule has 1 atom stereocenters. The van der Waals surface area contributed by atoms with E-state index in [4.69, 9.17) is 26.2 Å². The van der Waals surface area contributed by atoms with E-state index in [0.717, 1.165) is 31.6 Å². The van der Waals surface area contributed by atoms with Crippen molar-refractivity contribution in [1.82, 2.24) is 4.90 Å². The fourth-order valence-electron chi connectivity index (χ4n) is 2.84. The van der Waals surface area contributed by atoms with Crippen molar-refractivity contribution in [2.24, 2.45) is 0 Å². The van der Waals surface area contributed by atoms with Crippen molar-refractivity contribution in [2.75, 3.05) is 19.7 Å². The number of alkyl halides is 3. The molecule has 0 saturated carbocycles. The van der Waals surface area contributed by atoms with Gasteiger partial charge in [0.1, 0.15) is 5.75 Å². The van der Waals surface area contributed by atoms with Crippen LogP contribution < -0.4 is 0 Å². The minimum Gasteiger partial charge on any atom is -0.506 e. The summed E-state index contributed by atoms with van der Waals surface area (Å²) in [6.07, 6.45) is -3.97. The molecule has 9 heteroatoms. The second kappa shape index (κ2) is 10.5. The molecule has 0 aromatic heterocycles. The van der Waals surface area contributed by atoms with Crippen LogP contribution in [-0.2, 0) is 16.1 Å². The molecular formula is C20H21ClF3NO4. The zero-order valence-corrected chi connectivity index (χ0v) is 16.2. The molecule has 29 heavy (non-hydrogen) atoms. The number of rotatable bonds is 3. The summed E-state index contributed by atoms with van der Waals surface area (Å²) >= 11 is 6.17. The second-order valence-corrected chi connectivity index (χ2v) is 6.77. The Labute approximate surface area is 171 Å². The topological polar surface area (TPSA) is 70.0 Å². The van der Waals surface area contributed by atoms with Gasteiger partial charge in [-0.1, -0.05) is 54.1 Å². The molecule has 3 rings (SSSR count). The van der Waals surface area contributed by atoms with E-state index in [9.17, 15) is 18.3 Å². The number of carbonyl (C=O) groups is 1. The molecular weight excluding hydrogens is 411 g/mol. The van der Waals surface area contributed by atoms with Gasteiger partial charge in [0.25, 0.3) is 0 Å². The first-order valence-corrected chi connectivity index (χ1v) is 9.21. The fraction of sp³-hybridized carbons (Fsp3) is 0.350. The molecule has 5 nitrogen and oxygen atoms in total. The molecule has 1 heterocycles. The number of hydrogen-bond donors (Lipinski definition) is 2. The van der Waals surface area contributed by atoms with E-state index < -0.39 is 12.1 Å². The van der Waals surface area contributed by atoms with Crippen LogP contribution in [0.1, 0.15) is 23.7 Å². The number of aliphatic carboxylic acids is 1. The number of halogens is 4. The average molecular weight is 432 g/mol. The normalized spacial score (nSPS) is 17.7. The van der Waals surface area contributed by atoms with Gasteiger partial charge in [0.05, 0.1) is 17.7 Å². The van der Waals surface area contributed by atoms with Crippen molar-refractivity contribution >= 4 is 17.6 Å². The Bertz CT molecular complexity index is 802. The van der Waals surface area contributed by atoms with Gasteiger partial charge in [-0.3, -0.25) is 4.90 Å². The smallest absolute Gasteiger partial charge is 0.490 e. The minimum atomic E-state index is -5.08. The average Bonchev–Trinajstić information content (AvgIpc) is 2.91. The van der Waals surface area contributed by atoms with Gasteiger partial charge in [-0.25, -0.2) is 4.79 Å². The number of ether oxygens (including phenoxy) is 1. The van der Waals surface area contributed by atoms with Gasteiger partial charge in [-0.05, 0) is 23.6 Å². The highest BCUT2D eigenvalue weighted by Gasteiger charge is 2.38. The molecule has 2 aromatic carbocycles. The number of phenolic OH excluding ortho intramolecular Hbond substituents is 1. The summed E-state index contributed by atoms with van der Waals surface area (Å²) in [5.74, 6) is -2.61. The third-order valence-corrected chi connectivity index (χ3v) is 4.74. The largest absolute Gasteiger partial charge is 0.506 e. The lowest BCUT2D eigenvalue weighted by atomic mass is 10.1. The number of phenols is 1. The second-order valence-electron chi connectivity index (χ2n) is 6.39. The van der Waals surface area contributed by atoms with E-state index in [1.54, 1.807) is 6.07 Å². The Balaban J connectivity index is 0.000000370. The van der Waals surface area contributed by atoms with Gasteiger partial charge >= 0.3 is 12.1 Å². The fourth-order valence-corrected chi connectivity index (χ4v) is 3.02. The van der Waals surface area contributed by atoms with Crippen LogP contribution >= 0.6 is 11.6 Å². The van der Waals surface area contributed by atoms with Crippen molar-refractivity contribution in [3.8, 4) is 5.75 Å². The van der Waals surface area contributed by atoms with Crippen molar-refractivity contribution in [2.45, 2.75) is 25.2 Å². The molecule has 1 saturated heterocycles. The first kappa shape index (κ1) is 23.0. The number of carboxylic acid groups (broad SMARTS) is 1. The Morgan fingerprint density at radius 2 is 1.79 bits per heavy atom. The predicted octanol–water partition coefficient (Wildman–Crippen LogP) is 4.64. The molecule has 1 fully saturated rings. The number of benzene rings is 2. The monoisotopic (exact) mass is 431 g/mol. The van der Waals surface area contributed by atoms with Crippen LogP contribution in [0.3, 0.4) is 0 Å². The van der Waals surface area contributed by atoms with E-state index in [1.165, 1.54) is 5.56 Å². The van der Waals surface area contributed by atoms with E-state index in [0.29, 0.717) is 11.6 Å². The molecule has 158 valence electrons. The summed E-state index contributed by atoms with van der Waals surface area (Å²) in [6, 6.07) is 15.8. The van der Waals surface area contributed by atoms with Gasteiger partial charge in [0.15, 0.2) is 0 Å². The Kier molecular flexibility index (Phi) is 8.31.